The molecule has 136 valence electrons. The van der Waals surface area contributed by atoms with Gasteiger partial charge in [-0.25, -0.2) is 0 Å². The Morgan fingerprint density at radius 3 is 1.91 bits per heavy atom. The second kappa shape index (κ2) is 17.5. The number of hydrogen-bond acceptors (Lipinski definition) is 3. The molecule has 0 rings (SSSR count). The lowest BCUT2D eigenvalue weighted by atomic mass is 10.0. The van der Waals surface area contributed by atoms with Crippen molar-refractivity contribution >= 4 is 6.41 Å². The molecule has 0 bridgehead atoms. The van der Waals surface area contributed by atoms with Crippen molar-refractivity contribution in [1.82, 2.24) is 5.32 Å². The summed E-state index contributed by atoms with van der Waals surface area (Å²) in [6.07, 6.45) is 18.8. The molecule has 0 radical (unpaired) electrons. The molecule has 23 heavy (non-hydrogen) atoms. The molecule has 3 N–H and O–H groups in total. The highest BCUT2D eigenvalue weighted by Crippen LogP contribution is 2.12. The highest BCUT2D eigenvalue weighted by molar-refractivity contribution is 5.47. The molecule has 0 saturated heterocycles. The van der Waals surface area contributed by atoms with E-state index >= 15 is 0 Å². The van der Waals surface area contributed by atoms with Crippen molar-refractivity contribution in [3.8, 4) is 0 Å². The average Bonchev–Trinajstić information content (AvgIpc) is 2.56. The van der Waals surface area contributed by atoms with E-state index in [9.17, 15) is 9.90 Å². The molecule has 0 aliphatic rings. The summed E-state index contributed by atoms with van der Waals surface area (Å²) >= 11 is 0. The van der Waals surface area contributed by atoms with E-state index in [1.54, 1.807) is 6.08 Å². The number of aliphatic hydroxyl groups is 2. The molecule has 0 heterocycles. The highest BCUT2D eigenvalue weighted by Gasteiger charge is 2.13. The summed E-state index contributed by atoms with van der Waals surface area (Å²) in [4.78, 5) is 10.3. The molecule has 0 aromatic carbocycles. The molecule has 2 unspecified atom stereocenters. The lowest BCUT2D eigenvalue weighted by Gasteiger charge is -2.16. The Bertz CT molecular complexity index is 282. The summed E-state index contributed by atoms with van der Waals surface area (Å²) in [5.74, 6) is 0. The highest BCUT2D eigenvalue weighted by atomic mass is 16.3. The largest absolute Gasteiger partial charge is 0.394 e. The van der Waals surface area contributed by atoms with Gasteiger partial charge in [-0.15, -0.1) is 0 Å². The number of carbonyl (C=O) groups is 1. The van der Waals surface area contributed by atoms with Crippen LogP contribution >= 0.6 is 0 Å². The quantitative estimate of drug-likeness (QED) is 0.217. The van der Waals surface area contributed by atoms with Gasteiger partial charge in [0, 0.05) is 0 Å². The maximum absolute atomic E-state index is 10.3. The molecule has 0 fully saturated rings. The van der Waals surface area contributed by atoms with Gasteiger partial charge in [-0.1, -0.05) is 83.3 Å². The van der Waals surface area contributed by atoms with Crippen LogP contribution in [0.5, 0.6) is 0 Å². The van der Waals surface area contributed by atoms with E-state index in [0.717, 1.165) is 12.8 Å². The Labute approximate surface area is 142 Å². The van der Waals surface area contributed by atoms with Crippen LogP contribution in [-0.4, -0.2) is 35.4 Å². The van der Waals surface area contributed by atoms with E-state index in [2.05, 4.69) is 12.2 Å². The summed E-state index contributed by atoms with van der Waals surface area (Å²) in [7, 11) is 0. The Morgan fingerprint density at radius 1 is 0.913 bits per heavy atom. The minimum absolute atomic E-state index is 0.261. The van der Waals surface area contributed by atoms with Crippen molar-refractivity contribution in [1.29, 1.82) is 0 Å². The normalized spacial score (nSPS) is 14.0. The van der Waals surface area contributed by atoms with Crippen molar-refractivity contribution in [3.05, 3.63) is 12.2 Å². The number of rotatable bonds is 17. The van der Waals surface area contributed by atoms with E-state index in [0.29, 0.717) is 6.41 Å². The summed E-state index contributed by atoms with van der Waals surface area (Å²) in [6, 6.07) is -0.610. The van der Waals surface area contributed by atoms with Crippen molar-refractivity contribution in [2.24, 2.45) is 0 Å². The third-order valence-electron chi connectivity index (χ3n) is 4.20. The zero-order valence-corrected chi connectivity index (χ0v) is 14.9. The van der Waals surface area contributed by atoms with Gasteiger partial charge >= 0.3 is 0 Å². The fraction of sp³-hybridized carbons (Fsp3) is 0.842. The average molecular weight is 328 g/mol. The first-order chi connectivity index (χ1) is 11.3. The SMILES string of the molecule is CCCCCCCCCCCCC/C=C/C(O)C(CO)NC=O. The predicted octanol–water partition coefficient (Wildman–Crippen LogP) is 3.71. The van der Waals surface area contributed by atoms with Crippen molar-refractivity contribution < 1.29 is 15.0 Å². The number of hydrogen-bond donors (Lipinski definition) is 3. The molecule has 0 aliphatic carbocycles. The van der Waals surface area contributed by atoms with Crippen LogP contribution in [0.2, 0.25) is 0 Å². The molecule has 0 spiro atoms. The number of amides is 1. The van der Waals surface area contributed by atoms with Crippen LogP contribution in [0.15, 0.2) is 12.2 Å². The molecule has 0 aromatic rings. The van der Waals surface area contributed by atoms with Crippen LogP contribution in [0.3, 0.4) is 0 Å². The van der Waals surface area contributed by atoms with Crippen LogP contribution in [0.25, 0.3) is 0 Å². The molecule has 1 amide bonds. The van der Waals surface area contributed by atoms with Gasteiger partial charge in [-0.3, -0.25) is 4.79 Å². The standard InChI is InChI=1S/C19H37NO3/c1-2-3-4-5-6-7-8-9-10-11-12-13-14-15-19(23)18(16-21)20-17-22/h14-15,17-19,21,23H,2-13,16H2,1H3,(H,20,22)/b15-14+. The van der Waals surface area contributed by atoms with Crippen molar-refractivity contribution in [2.45, 2.75) is 96.1 Å². The van der Waals surface area contributed by atoms with E-state index in [4.69, 9.17) is 5.11 Å². The topological polar surface area (TPSA) is 69.6 Å². The first-order valence-electron chi connectivity index (χ1n) is 9.41. The Balaban J connectivity index is 3.38. The third kappa shape index (κ3) is 14.5. The van der Waals surface area contributed by atoms with Crippen LogP contribution in [0.4, 0.5) is 0 Å². The maximum Gasteiger partial charge on any atom is 0.207 e. The minimum Gasteiger partial charge on any atom is -0.394 e. The van der Waals surface area contributed by atoms with Crippen molar-refractivity contribution in [3.63, 3.8) is 0 Å². The number of nitrogens with one attached hydrogen (secondary N) is 1. The van der Waals surface area contributed by atoms with Gasteiger partial charge in [0.2, 0.25) is 6.41 Å². The van der Waals surface area contributed by atoms with Gasteiger partial charge in [0.1, 0.15) is 0 Å². The second-order valence-electron chi connectivity index (χ2n) is 6.32. The van der Waals surface area contributed by atoms with Crippen LogP contribution < -0.4 is 5.32 Å². The lowest BCUT2D eigenvalue weighted by molar-refractivity contribution is -0.111. The van der Waals surface area contributed by atoms with Crippen LogP contribution in [0.1, 0.15) is 84.0 Å². The Morgan fingerprint density at radius 2 is 1.43 bits per heavy atom. The monoisotopic (exact) mass is 327 g/mol. The first-order valence-corrected chi connectivity index (χ1v) is 9.41. The lowest BCUT2D eigenvalue weighted by Crippen LogP contribution is -2.41. The van der Waals surface area contributed by atoms with Crippen LogP contribution in [0, 0.1) is 0 Å². The summed E-state index contributed by atoms with van der Waals surface area (Å²) in [6.45, 7) is 1.99. The summed E-state index contributed by atoms with van der Waals surface area (Å²) in [5, 5.41) is 21.2. The molecule has 0 saturated carbocycles. The zero-order chi connectivity index (χ0) is 17.2. The summed E-state index contributed by atoms with van der Waals surface area (Å²) < 4.78 is 0. The minimum atomic E-state index is -0.821. The van der Waals surface area contributed by atoms with Gasteiger partial charge < -0.3 is 15.5 Å². The van der Waals surface area contributed by atoms with E-state index in [-0.39, 0.29) is 6.61 Å². The Hall–Kier alpha value is -0.870. The molecule has 0 aromatic heterocycles. The van der Waals surface area contributed by atoms with E-state index in [1.165, 1.54) is 64.2 Å². The molecule has 4 heteroatoms. The third-order valence-corrected chi connectivity index (χ3v) is 4.20. The van der Waals surface area contributed by atoms with Crippen molar-refractivity contribution in [2.75, 3.05) is 6.61 Å². The second-order valence-corrected chi connectivity index (χ2v) is 6.32. The fourth-order valence-electron chi connectivity index (χ4n) is 2.64. The van der Waals surface area contributed by atoms with E-state index < -0.39 is 12.1 Å². The molecule has 4 nitrogen and oxygen atoms in total. The number of allylic oxidation sites excluding steroid dienone is 1. The number of unbranched alkanes of at least 4 members (excludes halogenated alkanes) is 11. The fourth-order valence-corrected chi connectivity index (χ4v) is 2.64. The van der Waals surface area contributed by atoms with Gasteiger partial charge in [0.25, 0.3) is 0 Å². The van der Waals surface area contributed by atoms with Gasteiger partial charge in [0.15, 0.2) is 0 Å². The van der Waals surface area contributed by atoms with Gasteiger partial charge in [-0.05, 0) is 12.8 Å². The van der Waals surface area contributed by atoms with Gasteiger partial charge in [-0.2, -0.15) is 0 Å². The van der Waals surface area contributed by atoms with Crippen LogP contribution in [-0.2, 0) is 4.79 Å². The summed E-state index contributed by atoms with van der Waals surface area (Å²) in [5.41, 5.74) is 0. The molecular weight excluding hydrogens is 290 g/mol. The van der Waals surface area contributed by atoms with E-state index in [1.807, 2.05) is 6.08 Å². The number of aliphatic hydroxyl groups excluding tert-OH is 2. The Kier molecular flexibility index (Phi) is 16.8. The molecule has 0 aliphatic heterocycles. The number of carbonyl (C=O) groups excluding carboxylic acids is 1. The maximum atomic E-state index is 10.3. The molecular formula is C19H37NO3. The zero-order valence-electron chi connectivity index (χ0n) is 14.9. The smallest absolute Gasteiger partial charge is 0.207 e. The molecule has 2 atom stereocenters. The van der Waals surface area contributed by atoms with Gasteiger partial charge in [0.05, 0.1) is 18.8 Å². The predicted molar refractivity (Wildman–Crippen MR) is 96.3 cm³/mol. The first kappa shape index (κ1) is 22.1.